The van der Waals surface area contributed by atoms with E-state index in [1.165, 1.54) is 5.56 Å². The average molecular weight is 507 g/mol. The number of nitrogens with one attached hydrogen (secondary N) is 1. The van der Waals surface area contributed by atoms with E-state index in [0.717, 1.165) is 55.4 Å². The lowest BCUT2D eigenvalue weighted by atomic mass is 9.92. The second kappa shape index (κ2) is 11.7. The number of carbonyl (C=O) groups is 1. The standard InChI is InChI=1S/C29H42N4O2Si/c1-6-27(34)25-18-30-29-24(13-15-33(29)21-35-16-17-36(3,4)5)28(25)31-26-20-32(14-12-22(26)2)19-23-10-8-7-9-11-23/h7-11,13,15,18,22,26H,6,12,14,16-17,19-21H2,1-5H3,(H,30,31)/t22-,26+/m1/s1. The molecule has 0 amide bonds. The lowest BCUT2D eigenvalue weighted by molar-refractivity contribution is 0.0899. The van der Waals surface area contributed by atoms with Crippen LogP contribution in [0.5, 0.6) is 0 Å². The van der Waals surface area contributed by atoms with Crippen LogP contribution in [0.15, 0.2) is 48.8 Å². The molecule has 3 heterocycles. The molecule has 4 rings (SSSR count). The zero-order valence-electron chi connectivity index (χ0n) is 22.6. The Morgan fingerprint density at radius 2 is 1.97 bits per heavy atom. The molecule has 1 fully saturated rings. The van der Waals surface area contributed by atoms with E-state index in [1.807, 2.05) is 13.1 Å². The van der Waals surface area contributed by atoms with Gasteiger partial charge in [-0.25, -0.2) is 4.98 Å². The molecular weight excluding hydrogens is 464 g/mol. The first-order chi connectivity index (χ1) is 17.2. The van der Waals surface area contributed by atoms with Gasteiger partial charge in [0.2, 0.25) is 0 Å². The van der Waals surface area contributed by atoms with Gasteiger partial charge >= 0.3 is 0 Å². The van der Waals surface area contributed by atoms with Crippen molar-refractivity contribution in [2.24, 2.45) is 5.92 Å². The third-order valence-corrected chi connectivity index (χ3v) is 8.96. The number of carbonyl (C=O) groups excluding carboxylic acids is 1. The fourth-order valence-electron chi connectivity index (χ4n) is 4.84. The first-order valence-electron chi connectivity index (χ1n) is 13.4. The van der Waals surface area contributed by atoms with Gasteiger partial charge in [0, 0.05) is 58.0 Å². The van der Waals surface area contributed by atoms with Crippen molar-refractivity contribution >= 4 is 30.6 Å². The Hall–Kier alpha value is -2.48. The number of nitrogens with zero attached hydrogens (tertiary/aromatic N) is 3. The van der Waals surface area contributed by atoms with E-state index in [4.69, 9.17) is 9.72 Å². The maximum atomic E-state index is 12.9. The Morgan fingerprint density at radius 1 is 1.19 bits per heavy atom. The molecule has 1 saturated heterocycles. The SMILES string of the molecule is CCC(=O)c1cnc2c(ccn2COCC[Si](C)(C)C)c1N[C@H]1CN(Cc2ccccc2)CC[C@H]1C. The minimum absolute atomic E-state index is 0.121. The van der Waals surface area contributed by atoms with E-state index >= 15 is 0 Å². The van der Waals surface area contributed by atoms with Crippen LogP contribution < -0.4 is 5.32 Å². The summed E-state index contributed by atoms with van der Waals surface area (Å²) in [5.74, 6) is 0.632. The highest BCUT2D eigenvalue weighted by Gasteiger charge is 2.28. The van der Waals surface area contributed by atoms with Gasteiger partial charge in [-0.15, -0.1) is 0 Å². The number of Topliss-reactive ketones (excluding diaryl/α,β-unsaturated/α-hetero) is 1. The van der Waals surface area contributed by atoms with Crippen molar-refractivity contribution in [1.29, 1.82) is 0 Å². The van der Waals surface area contributed by atoms with Crippen LogP contribution in [0.2, 0.25) is 25.7 Å². The normalized spacial score (nSPS) is 19.0. The van der Waals surface area contributed by atoms with Gasteiger partial charge in [0.1, 0.15) is 12.4 Å². The third kappa shape index (κ3) is 6.63. The predicted octanol–water partition coefficient (Wildman–Crippen LogP) is 6.26. The van der Waals surface area contributed by atoms with Crippen LogP contribution in [0.4, 0.5) is 5.69 Å². The Balaban J connectivity index is 1.55. The highest BCUT2D eigenvalue weighted by Crippen LogP contribution is 2.31. The number of benzene rings is 1. The van der Waals surface area contributed by atoms with Gasteiger partial charge < -0.3 is 14.6 Å². The molecule has 0 unspecified atom stereocenters. The number of rotatable bonds is 11. The Kier molecular flexibility index (Phi) is 8.65. The zero-order valence-corrected chi connectivity index (χ0v) is 23.6. The van der Waals surface area contributed by atoms with Crippen LogP contribution in [0.25, 0.3) is 11.0 Å². The summed E-state index contributed by atoms with van der Waals surface area (Å²) in [4.78, 5) is 20.1. The van der Waals surface area contributed by atoms with Crippen LogP contribution in [0, 0.1) is 5.92 Å². The second-order valence-electron chi connectivity index (χ2n) is 11.4. The van der Waals surface area contributed by atoms with Gasteiger partial charge in [0.15, 0.2) is 5.78 Å². The summed E-state index contributed by atoms with van der Waals surface area (Å²) in [7, 11) is -1.13. The summed E-state index contributed by atoms with van der Waals surface area (Å²) in [6, 6.07) is 14.1. The quantitative estimate of drug-likeness (QED) is 0.189. The van der Waals surface area contributed by atoms with Gasteiger partial charge in [-0.3, -0.25) is 9.69 Å². The summed E-state index contributed by atoms with van der Waals surface area (Å²) >= 11 is 0. The molecule has 7 heteroatoms. The maximum Gasteiger partial charge on any atom is 0.166 e. The van der Waals surface area contributed by atoms with E-state index in [2.05, 4.69) is 77.7 Å². The molecule has 1 aromatic carbocycles. The van der Waals surface area contributed by atoms with Crippen molar-refractivity contribution < 1.29 is 9.53 Å². The molecule has 0 bridgehead atoms. The number of piperidine rings is 1. The monoisotopic (exact) mass is 506 g/mol. The van der Waals surface area contributed by atoms with Crippen molar-refractivity contribution in [3.63, 3.8) is 0 Å². The van der Waals surface area contributed by atoms with E-state index in [-0.39, 0.29) is 11.8 Å². The maximum absolute atomic E-state index is 12.9. The van der Waals surface area contributed by atoms with Crippen molar-refractivity contribution in [2.75, 3.05) is 25.0 Å². The Labute approximate surface area is 217 Å². The van der Waals surface area contributed by atoms with Crippen molar-refractivity contribution in [1.82, 2.24) is 14.5 Å². The van der Waals surface area contributed by atoms with Crippen LogP contribution in [0.3, 0.4) is 0 Å². The number of anilines is 1. The molecule has 1 aliphatic rings. The van der Waals surface area contributed by atoms with Gasteiger partial charge in [-0.05, 0) is 36.6 Å². The first kappa shape index (κ1) is 26.6. The molecule has 0 saturated carbocycles. The number of pyridine rings is 1. The predicted molar refractivity (Wildman–Crippen MR) is 151 cm³/mol. The number of likely N-dealkylation sites (tertiary alicyclic amines) is 1. The summed E-state index contributed by atoms with van der Waals surface area (Å²) < 4.78 is 8.05. The van der Waals surface area contributed by atoms with E-state index < -0.39 is 8.07 Å². The van der Waals surface area contributed by atoms with Crippen molar-refractivity contribution in [2.45, 2.75) is 71.7 Å². The number of hydrogen-bond acceptors (Lipinski definition) is 5. The minimum Gasteiger partial charge on any atom is -0.380 e. The molecule has 194 valence electrons. The zero-order chi connectivity index (χ0) is 25.7. The van der Waals surface area contributed by atoms with E-state index in [9.17, 15) is 4.79 Å². The molecule has 1 aliphatic heterocycles. The number of fused-ring (bicyclic) bond motifs is 1. The molecule has 36 heavy (non-hydrogen) atoms. The molecular formula is C29H42N4O2Si. The van der Waals surface area contributed by atoms with Gasteiger partial charge in [0.25, 0.3) is 0 Å². The molecule has 0 spiro atoms. The van der Waals surface area contributed by atoms with E-state index in [0.29, 0.717) is 24.6 Å². The van der Waals surface area contributed by atoms with Crippen LogP contribution in [-0.2, 0) is 18.0 Å². The van der Waals surface area contributed by atoms with Crippen molar-refractivity contribution in [3.8, 4) is 0 Å². The average Bonchev–Trinajstić information content (AvgIpc) is 3.27. The summed E-state index contributed by atoms with van der Waals surface area (Å²) in [5, 5.41) is 4.82. The topological polar surface area (TPSA) is 59.4 Å². The fourth-order valence-corrected chi connectivity index (χ4v) is 5.59. The summed E-state index contributed by atoms with van der Waals surface area (Å²) in [5.41, 5.74) is 3.81. The lowest BCUT2D eigenvalue weighted by Gasteiger charge is -2.38. The lowest BCUT2D eigenvalue weighted by Crippen LogP contribution is -2.46. The Morgan fingerprint density at radius 3 is 2.69 bits per heavy atom. The Bertz CT molecular complexity index is 1160. The highest BCUT2D eigenvalue weighted by molar-refractivity contribution is 6.76. The molecule has 2 atom stereocenters. The summed E-state index contributed by atoms with van der Waals surface area (Å²) in [6.07, 6.45) is 5.37. The number of aromatic nitrogens is 2. The molecule has 0 radical (unpaired) electrons. The summed E-state index contributed by atoms with van der Waals surface area (Å²) in [6.45, 7) is 15.5. The number of hydrogen-bond donors (Lipinski definition) is 1. The highest BCUT2D eigenvalue weighted by atomic mass is 28.3. The first-order valence-corrected chi connectivity index (χ1v) is 17.1. The third-order valence-electron chi connectivity index (χ3n) is 7.26. The minimum atomic E-state index is -1.13. The van der Waals surface area contributed by atoms with Gasteiger partial charge in [-0.2, -0.15) is 0 Å². The molecule has 2 aromatic heterocycles. The van der Waals surface area contributed by atoms with E-state index in [1.54, 1.807) is 6.20 Å². The smallest absolute Gasteiger partial charge is 0.166 e. The van der Waals surface area contributed by atoms with Crippen molar-refractivity contribution in [3.05, 3.63) is 59.9 Å². The number of ether oxygens (including phenoxy) is 1. The molecule has 6 nitrogen and oxygen atoms in total. The second-order valence-corrected chi connectivity index (χ2v) is 17.1. The fraction of sp³-hybridized carbons (Fsp3) is 0.517. The van der Waals surface area contributed by atoms with Crippen LogP contribution in [0.1, 0.15) is 42.6 Å². The molecule has 3 aromatic rings. The van der Waals surface area contributed by atoms with Gasteiger partial charge in [0.05, 0.1) is 11.3 Å². The molecule has 1 N–H and O–H groups in total. The molecule has 0 aliphatic carbocycles. The van der Waals surface area contributed by atoms with Crippen LogP contribution >= 0.6 is 0 Å². The van der Waals surface area contributed by atoms with Crippen LogP contribution in [-0.4, -0.2) is 54.0 Å². The van der Waals surface area contributed by atoms with Gasteiger partial charge in [-0.1, -0.05) is 63.8 Å². The largest absolute Gasteiger partial charge is 0.380 e. The number of ketones is 1.